The lowest BCUT2D eigenvalue weighted by molar-refractivity contribution is -0.148. The maximum Gasteiger partial charge on any atom is 0.265 e. The van der Waals surface area contributed by atoms with Crippen LogP contribution in [0.2, 0.25) is 0 Å². The van der Waals surface area contributed by atoms with Crippen molar-refractivity contribution in [2.45, 2.75) is 56.5 Å². The Kier molecular flexibility index (Phi) is 11.6. The number of likely N-dealkylation sites (tertiary alicyclic amines) is 1. The van der Waals surface area contributed by atoms with E-state index >= 15 is 0 Å². The summed E-state index contributed by atoms with van der Waals surface area (Å²) >= 11 is 0. The molecule has 1 saturated heterocycles. The molecule has 4 heterocycles. The highest BCUT2D eigenvalue weighted by atomic mass is 16.5. The average molecular weight is 725 g/mol. The van der Waals surface area contributed by atoms with Gasteiger partial charge in [-0.3, -0.25) is 24.0 Å². The minimum absolute atomic E-state index is 0.0640. The number of benzene rings is 3. The van der Waals surface area contributed by atoms with E-state index in [4.69, 9.17) is 9.47 Å². The Bertz CT molecular complexity index is 1920. The molecule has 278 valence electrons. The van der Waals surface area contributed by atoms with Gasteiger partial charge in [-0.15, -0.1) is 0 Å². The molecule has 14 heteroatoms. The van der Waals surface area contributed by atoms with Crippen molar-refractivity contribution in [2.75, 3.05) is 32.8 Å². The number of aromatic nitrogens is 1. The van der Waals surface area contributed by atoms with Crippen molar-refractivity contribution in [1.82, 2.24) is 30.7 Å². The van der Waals surface area contributed by atoms with Crippen molar-refractivity contribution in [3.05, 3.63) is 96.7 Å². The number of piperidine rings is 1. The molecular formula is C39H44N6O8. The second-order valence-electron chi connectivity index (χ2n) is 13.3. The lowest BCUT2D eigenvalue weighted by Crippen LogP contribution is -2.63. The van der Waals surface area contributed by atoms with Gasteiger partial charge in [0.15, 0.2) is 5.60 Å². The molecule has 0 radical (unpaired) electrons. The number of nitrogens with one attached hydrogen (secondary N) is 4. The Morgan fingerprint density at radius 1 is 0.811 bits per heavy atom. The normalized spacial score (nSPS) is 21.5. The summed E-state index contributed by atoms with van der Waals surface area (Å²) in [7, 11) is 0. The number of aliphatic hydroxyl groups excluding tert-OH is 1. The smallest absolute Gasteiger partial charge is 0.265 e. The van der Waals surface area contributed by atoms with Gasteiger partial charge in [-0.25, -0.2) is 0 Å². The molecule has 5 amide bonds. The summed E-state index contributed by atoms with van der Waals surface area (Å²) in [4.78, 5) is 69.3. The third kappa shape index (κ3) is 8.95. The van der Waals surface area contributed by atoms with Gasteiger partial charge in [0.25, 0.3) is 5.91 Å². The van der Waals surface area contributed by atoms with Crippen LogP contribution in [0.3, 0.4) is 0 Å². The predicted octanol–water partition coefficient (Wildman–Crippen LogP) is 1.30. The fourth-order valence-electron chi connectivity index (χ4n) is 6.54. The quantitative estimate of drug-likeness (QED) is 0.191. The summed E-state index contributed by atoms with van der Waals surface area (Å²) in [5.41, 5.74) is 0.214. The molecule has 0 saturated carbocycles. The predicted molar refractivity (Wildman–Crippen MR) is 195 cm³/mol. The van der Waals surface area contributed by atoms with Crippen LogP contribution in [0.5, 0.6) is 11.5 Å². The fourth-order valence-corrected chi connectivity index (χ4v) is 6.54. The van der Waals surface area contributed by atoms with Gasteiger partial charge in [0.1, 0.15) is 42.8 Å². The zero-order valence-corrected chi connectivity index (χ0v) is 29.5. The molecule has 14 nitrogen and oxygen atoms in total. The molecule has 1 aromatic heterocycles. The van der Waals surface area contributed by atoms with Crippen LogP contribution < -0.4 is 30.7 Å². The molecule has 3 aromatic carbocycles. The van der Waals surface area contributed by atoms with Crippen LogP contribution >= 0.6 is 0 Å². The number of hydrogen-bond donors (Lipinski definition) is 5. The highest BCUT2D eigenvalue weighted by Gasteiger charge is 2.46. The van der Waals surface area contributed by atoms with E-state index in [1.54, 1.807) is 53.4 Å². The Balaban J connectivity index is 1.27. The van der Waals surface area contributed by atoms with E-state index in [1.165, 1.54) is 6.92 Å². The molecule has 3 aliphatic heterocycles. The maximum absolute atomic E-state index is 14.5. The zero-order chi connectivity index (χ0) is 37.4. The highest BCUT2D eigenvalue weighted by molar-refractivity contribution is 5.96. The lowest BCUT2D eigenvalue weighted by atomic mass is 9.89. The van der Waals surface area contributed by atoms with Crippen LogP contribution in [0.25, 0.3) is 10.9 Å². The first kappa shape index (κ1) is 36.9. The topological polar surface area (TPSA) is 180 Å². The standard InChI is InChI=1S/C39H44N6O8/c1-26-35(48)40-18-22-52-29-11-13-30(14-12-29)53-39(16-20-44(21-17-39)34(47)24-45-19-15-28-9-5-6-10-33(28)45)38(51)43-31(23-27-7-3-2-4-8-27)36(49)42-32(25-46)37(50)41-26/h2-15,19,26,31-32,46H,16-18,20-25H2,1H3,(H,40,48)(H,41,50)(H,42,49)(H,43,51)/t26-,31+,32-/m0/s1. The van der Waals surface area contributed by atoms with Crippen LogP contribution in [0.4, 0.5) is 0 Å². The summed E-state index contributed by atoms with van der Waals surface area (Å²) in [5, 5.41) is 21.7. The number of rotatable bonds is 5. The molecule has 5 N–H and O–H groups in total. The molecule has 0 aliphatic carbocycles. The van der Waals surface area contributed by atoms with E-state index in [2.05, 4.69) is 21.3 Å². The first-order valence-corrected chi connectivity index (χ1v) is 17.7. The number of aliphatic hydroxyl groups is 1. The van der Waals surface area contributed by atoms with Gasteiger partial charge < -0.3 is 45.3 Å². The van der Waals surface area contributed by atoms with Crippen molar-refractivity contribution in [1.29, 1.82) is 0 Å². The first-order chi connectivity index (χ1) is 25.6. The van der Waals surface area contributed by atoms with Crippen LogP contribution in [-0.4, -0.2) is 101 Å². The second-order valence-corrected chi connectivity index (χ2v) is 13.3. The van der Waals surface area contributed by atoms with Crippen LogP contribution in [0.1, 0.15) is 25.3 Å². The number of ether oxygens (including phenoxy) is 2. The number of carbonyl (C=O) groups excluding carboxylic acids is 5. The van der Waals surface area contributed by atoms with Gasteiger partial charge in [-0.05, 0) is 54.3 Å². The molecule has 3 aliphatic rings. The Labute approximate surface area is 306 Å². The SMILES string of the molecule is C[C@@H]1NC(=O)[C@H](CO)NC(=O)[C@@H](Cc2ccccc2)NC(=O)C2(CCN(C(=O)Cn3ccc4ccccc43)CC2)Oc2ccc(cc2)OCCNC1=O. The van der Waals surface area contributed by atoms with Gasteiger partial charge in [-0.1, -0.05) is 48.5 Å². The second kappa shape index (κ2) is 16.6. The number of hydrogen-bond acceptors (Lipinski definition) is 8. The Hall–Kier alpha value is -5.89. The fraction of sp³-hybridized carbons (Fsp3) is 0.359. The third-order valence-corrected chi connectivity index (χ3v) is 9.60. The number of para-hydroxylation sites is 1. The van der Waals surface area contributed by atoms with Crippen molar-refractivity contribution in [2.24, 2.45) is 0 Å². The maximum atomic E-state index is 14.5. The third-order valence-electron chi connectivity index (χ3n) is 9.60. The van der Waals surface area contributed by atoms with Crippen molar-refractivity contribution < 1.29 is 38.6 Å². The van der Waals surface area contributed by atoms with Gasteiger partial charge in [0.05, 0.1) is 13.2 Å². The molecule has 53 heavy (non-hydrogen) atoms. The first-order valence-electron chi connectivity index (χ1n) is 17.7. The van der Waals surface area contributed by atoms with E-state index in [1.807, 2.05) is 47.2 Å². The summed E-state index contributed by atoms with van der Waals surface area (Å²) in [6, 6.07) is 22.0. The molecule has 7 rings (SSSR count). The van der Waals surface area contributed by atoms with Crippen molar-refractivity contribution in [3.63, 3.8) is 0 Å². The molecule has 4 aromatic rings. The van der Waals surface area contributed by atoms with Crippen LogP contribution in [0, 0.1) is 0 Å². The van der Waals surface area contributed by atoms with E-state index in [0.29, 0.717) is 11.5 Å². The summed E-state index contributed by atoms with van der Waals surface area (Å²) < 4.78 is 14.2. The number of amides is 5. The number of fused-ring (bicyclic) bond motifs is 16. The minimum atomic E-state index is -1.47. The van der Waals surface area contributed by atoms with E-state index < -0.39 is 54.0 Å². The minimum Gasteiger partial charge on any atom is -0.492 e. The van der Waals surface area contributed by atoms with Crippen molar-refractivity contribution in [3.8, 4) is 11.5 Å². The summed E-state index contributed by atoms with van der Waals surface area (Å²) in [6.07, 6.45) is 2.21. The van der Waals surface area contributed by atoms with Gasteiger partial charge in [-0.2, -0.15) is 0 Å². The number of nitrogens with zero attached hydrogens (tertiary/aromatic N) is 2. The highest BCUT2D eigenvalue weighted by Crippen LogP contribution is 2.31. The average Bonchev–Trinajstić information content (AvgIpc) is 3.58. The van der Waals surface area contributed by atoms with Crippen molar-refractivity contribution >= 4 is 40.4 Å². The van der Waals surface area contributed by atoms with Crippen LogP contribution in [-0.2, 0) is 36.9 Å². The molecule has 1 spiro atoms. The molecule has 1 fully saturated rings. The number of carbonyl (C=O) groups is 5. The lowest BCUT2D eigenvalue weighted by Gasteiger charge is -2.41. The molecule has 2 bridgehead atoms. The van der Waals surface area contributed by atoms with E-state index in [9.17, 15) is 29.1 Å². The monoisotopic (exact) mass is 724 g/mol. The van der Waals surface area contributed by atoms with E-state index in [0.717, 1.165) is 16.5 Å². The molecule has 0 unspecified atom stereocenters. The van der Waals surface area contributed by atoms with E-state index in [-0.39, 0.29) is 58.0 Å². The molecular weight excluding hydrogens is 680 g/mol. The van der Waals surface area contributed by atoms with Gasteiger partial charge >= 0.3 is 0 Å². The summed E-state index contributed by atoms with van der Waals surface area (Å²) in [5.74, 6) is -1.76. The summed E-state index contributed by atoms with van der Waals surface area (Å²) in [6.45, 7) is 1.59. The van der Waals surface area contributed by atoms with Gasteiger partial charge in [0, 0.05) is 44.1 Å². The Morgan fingerprint density at radius 2 is 1.49 bits per heavy atom. The van der Waals surface area contributed by atoms with Gasteiger partial charge in [0.2, 0.25) is 23.6 Å². The largest absolute Gasteiger partial charge is 0.492 e. The zero-order valence-electron chi connectivity index (χ0n) is 29.5. The Morgan fingerprint density at radius 3 is 2.23 bits per heavy atom. The van der Waals surface area contributed by atoms with Crippen LogP contribution in [0.15, 0.2) is 91.1 Å². The molecule has 3 atom stereocenters.